The molecule has 0 bridgehead atoms. The van der Waals surface area contributed by atoms with Crippen molar-refractivity contribution in [3.05, 3.63) is 29.8 Å². The van der Waals surface area contributed by atoms with Gasteiger partial charge in [0.05, 0.1) is 18.5 Å². The Morgan fingerprint density at radius 2 is 1.70 bits per heavy atom. The third-order valence-corrected chi connectivity index (χ3v) is 5.20. The van der Waals surface area contributed by atoms with Crippen molar-refractivity contribution in [2.24, 2.45) is 5.92 Å². The van der Waals surface area contributed by atoms with Crippen LogP contribution in [0.5, 0.6) is 0 Å². The van der Waals surface area contributed by atoms with Crippen LogP contribution in [0, 0.1) is 5.92 Å². The molecule has 1 amide bonds. The summed E-state index contributed by atoms with van der Waals surface area (Å²) in [5.41, 5.74) is 1.78. The van der Waals surface area contributed by atoms with Crippen molar-refractivity contribution < 1.29 is 13.2 Å². The average Bonchev–Trinajstić information content (AvgIpc) is 2.52. The van der Waals surface area contributed by atoms with Crippen molar-refractivity contribution in [1.82, 2.24) is 5.32 Å². The molecule has 23 heavy (non-hydrogen) atoms. The van der Waals surface area contributed by atoms with Crippen LogP contribution in [0.15, 0.2) is 24.3 Å². The zero-order valence-corrected chi connectivity index (χ0v) is 15.3. The van der Waals surface area contributed by atoms with Crippen molar-refractivity contribution in [2.75, 3.05) is 23.7 Å². The van der Waals surface area contributed by atoms with Gasteiger partial charge in [-0.3, -0.25) is 9.10 Å². The van der Waals surface area contributed by atoms with Gasteiger partial charge in [0.15, 0.2) is 0 Å². The summed E-state index contributed by atoms with van der Waals surface area (Å²) in [7, 11) is -3.38. The Morgan fingerprint density at radius 1 is 1.13 bits per heavy atom. The van der Waals surface area contributed by atoms with Gasteiger partial charge in [0.25, 0.3) is 0 Å². The molecule has 5 nitrogen and oxygen atoms in total. The van der Waals surface area contributed by atoms with Gasteiger partial charge < -0.3 is 5.32 Å². The highest BCUT2D eigenvalue weighted by molar-refractivity contribution is 7.92. The Morgan fingerprint density at radius 3 is 2.13 bits per heavy atom. The van der Waals surface area contributed by atoms with Crippen LogP contribution < -0.4 is 9.62 Å². The molecule has 0 unspecified atom stereocenters. The number of carbonyl (C=O) groups excluding carboxylic acids is 1. The predicted molar refractivity (Wildman–Crippen MR) is 95.1 cm³/mol. The molecule has 130 valence electrons. The van der Waals surface area contributed by atoms with E-state index >= 15 is 0 Å². The first-order valence-electron chi connectivity index (χ1n) is 8.17. The topological polar surface area (TPSA) is 66.5 Å². The number of anilines is 1. The van der Waals surface area contributed by atoms with Crippen molar-refractivity contribution in [2.45, 2.75) is 40.0 Å². The number of aryl methyl sites for hydroxylation is 1. The average molecular weight is 340 g/mol. The number of carbonyl (C=O) groups is 1. The highest BCUT2D eigenvalue weighted by Crippen LogP contribution is 2.18. The lowest BCUT2D eigenvalue weighted by Crippen LogP contribution is -2.39. The van der Waals surface area contributed by atoms with Gasteiger partial charge in [0, 0.05) is 12.5 Å². The maximum Gasteiger partial charge on any atom is 0.232 e. The van der Waals surface area contributed by atoms with E-state index in [9.17, 15) is 13.2 Å². The number of nitrogens with one attached hydrogen (secondary N) is 1. The number of hydrogen-bond donors (Lipinski definition) is 1. The lowest BCUT2D eigenvalue weighted by molar-refractivity contribution is -0.125. The van der Waals surface area contributed by atoms with Crippen LogP contribution in [0.4, 0.5) is 5.69 Å². The molecule has 1 rings (SSSR count). The van der Waals surface area contributed by atoms with Crippen LogP contribution >= 0.6 is 0 Å². The van der Waals surface area contributed by atoms with Gasteiger partial charge in [-0.25, -0.2) is 8.42 Å². The van der Waals surface area contributed by atoms with E-state index in [1.165, 1.54) is 10.6 Å². The second-order valence-corrected chi connectivity index (χ2v) is 7.57. The number of rotatable bonds is 9. The van der Waals surface area contributed by atoms with Crippen LogP contribution in [0.25, 0.3) is 0 Å². The molecule has 1 N–H and O–H groups in total. The zero-order chi connectivity index (χ0) is 17.5. The van der Waals surface area contributed by atoms with E-state index < -0.39 is 10.0 Å². The first-order chi connectivity index (χ1) is 10.8. The monoisotopic (exact) mass is 340 g/mol. The Hall–Kier alpha value is -1.56. The van der Waals surface area contributed by atoms with Crippen LogP contribution in [0.3, 0.4) is 0 Å². The second kappa shape index (κ2) is 8.91. The minimum atomic E-state index is -3.38. The normalized spacial score (nSPS) is 11.5. The second-order valence-electron chi connectivity index (χ2n) is 5.66. The Balaban J connectivity index is 2.75. The summed E-state index contributed by atoms with van der Waals surface area (Å²) in [4.78, 5) is 12.0. The molecule has 0 spiro atoms. The fourth-order valence-corrected chi connectivity index (χ4v) is 3.40. The predicted octanol–water partition coefficient (Wildman–Crippen LogP) is 2.57. The van der Waals surface area contributed by atoms with E-state index in [1.54, 1.807) is 0 Å². The number of nitrogens with zero attached hydrogens (tertiary/aromatic N) is 1. The van der Waals surface area contributed by atoms with Crippen molar-refractivity contribution >= 4 is 21.6 Å². The van der Waals surface area contributed by atoms with Gasteiger partial charge in [-0.05, 0) is 37.0 Å². The van der Waals surface area contributed by atoms with Crippen LogP contribution in [-0.4, -0.2) is 33.7 Å². The quantitative estimate of drug-likeness (QED) is 0.751. The van der Waals surface area contributed by atoms with E-state index in [1.807, 2.05) is 38.1 Å². The fourth-order valence-electron chi connectivity index (χ4n) is 2.47. The maximum atomic E-state index is 12.0. The molecule has 0 saturated heterocycles. The van der Waals surface area contributed by atoms with Gasteiger partial charge in [0.1, 0.15) is 0 Å². The Labute approximate surface area is 140 Å². The molecule has 0 saturated carbocycles. The number of hydrogen-bond acceptors (Lipinski definition) is 3. The van der Waals surface area contributed by atoms with E-state index in [0.717, 1.165) is 24.8 Å². The van der Waals surface area contributed by atoms with Gasteiger partial charge in [-0.1, -0.05) is 32.9 Å². The minimum Gasteiger partial charge on any atom is -0.354 e. The van der Waals surface area contributed by atoms with Gasteiger partial charge >= 0.3 is 0 Å². The summed E-state index contributed by atoms with van der Waals surface area (Å²) in [5.74, 6) is -0.0182. The third kappa shape index (κ3) is 5.86. The largest absolute Gasteiger partial charge is 0.354 e. The van der Waals surface area contributed by atoms with Crippen molar-refractivity contribution in [3.8, 4) is 0 Å². The summed E-state index contributed by atoms with van der Waals surface area (Å²) >= 11 is 0. The molecule has 0 fully saturated rings. The SMILES string of the molecule is CCc1ccc(N(CCNC(=O)C(CC)CC)S(C)(=O)=O)cc1. The molecule has 1 aromatic rings. The van der Waals surface area contributed by atoms with Crippen LogP contribution in [0.1, 0.15) is 39.2 Å². The first kappa shape index (κ1) is 19.5. The first-order valence-corrected chi connectivity index (χ1v) is 10.0. The molecule has 6 heteroatoms. The smallest absolute Gasteiger partial charge is 0.232 e. The zero-order valence-electron chi connectivity index (χ0n) is 14.5. The molecule has 0 aliphatic carbocycles. The molecule has 1 aromatic carbocycles. The van der Waals surface area contributed by atoms with E-state index in [-0.39, 0.29) is 18.4 Å². The molecule has 0 aliphatic rings. The number of amides is 1. The molecule has 0 heterocycles. The van der Waals surface area contributed by atoms with Crippen LogP contribution in [0.2, 0.25) is 0 Å². The molecule has 0 atom stereocenters. The highest BCUT2D eigenvalue weighted by Gasteiger charge is 2.18. The summed E-state index contributed by atoms with van der Waals surface area (Å²) in [6.45, 7) is 6.54. The lowest BCUT2D eigenvalue weighted by Gasteiger charge is -2.23. The Kier molecular flexibility index (Phi) is 7.55. The van der Waals surface area contributed by atoms with Gasteiger partial charge in [0.2, 0.25) is 15.9 Å². The van der Waals surface area contributed by atoms with Crippen molar-refractivity contribution in [1.29, 1.82) is 0 Å². The lowest BCUT2D eigenvalue weighted by atomic mass is 10.0. The summed E-state index contributed by atoms with van der Waals surface area (Å²) < 4.78 is 25.4. The molecular formula is C17H28N2O3S. The molecule has 0 aliphatic heterocycles. The van der Waals surface area contributed by atoms with E-state index in [0.29, 0.717) is 12.2 Å². The van der Waals surface area contributed by atoms with Gasteiger partial charge in [-0.2, -0.15) is 0 Å². The molecular weight excluding hydrogens is 312 g/mol. The number of sulfonamides is 1. The molecule has 0 radical (unpaired) electrons. The fraction of sp³-hybridized carbons (Fsp3) is 0.588. The van der Waals surface area contributed by atoms with Gasteiger partial charge in [-0.15, -0.1) is 0 Å². The minimum absolute atomic E-state index is 0.00878. The number of benzene rings is 1. The molecule has 0 aromatic heterocycles. The Bertz CT molecular complexity index is 593. The standard InChI is InChI=1S/C17H28N2O3S/c1-5-14-8-10-16(11-9-14)19(23(4,21)22)13-12-18-17(20)15(6-2)7-3/h8-11,15H,5-7,12-13H2,1-4H3,(H,18,20). The highest BCUT2D eigenvalue weighted by atomic mass is 32.2. The van der Waals surface area contributed by atoms with Crippen molar-refractivity contribution in [3.63, 3.8) is 0 Å². The van der Waals surface area contributed by atoms with Crippen LogP contribution in [-0.2, 0) is 21.2 Å². The summed E-state index contributed by atoms with van der Waals surface area (Å²) in [5, 5.41) is 2.83. The summed E-state index contributed by atoms with van der Waals surface area (Å²) in [6, 6.07) is 7.47. The maximum absolute atomic E-state index is 12.0. The van der Waals surface area contributed by atoms with E-state index in [4.69, 9.17) is 0 Å². The third-order valence-electron chi connectivity index (χ3n) is 4.00. The summed E-state index contributed by atoms with van der Waals surface area (Å²) in [6.07, 6.45) is 3.67. The van der Waals surface area contributed by atoms with E-state index in [2.05, 4.69) is 12.2 Å².